The van der Waals surface area contributed by atoms with Crippen molar-refractivity contribution in [3.05, 3.63) is 66.5 Å². The largest absolute Gasteiger partial charge is 0.494 e. The Bertz CT molecular complexity index is 934. The second kappa shape index (κ2) is 15.3. The fourth-order valence-corrected chi connectivity index (χ4v) is 4.22. The molecule has 0 fully saturated rings. The lowest BCUT2D eigenvalue weighted by Crippen LogP contribution is -1.97. The molecule has 0 radical (unpaired) electrons. The monoisotopic (exact) mass is 458 g/mol. The number of hydrogen-bond acceptors (Lipinski definition) is 3. The van der Waals surface area contributed by atoms with Crippen molar-refractivity contribution in [3.63, 3.8) is 0 Å². The summed E-state index contributed by atoms with van der Waals surface area (Å²) >= 11 is 0. The average Bonchev–Trinajstić information content (AvgIpc) is 2.89. The van der Waals surface area contributed by atoms with Crippen molar-refractivity contribution >= 4 is 0 Å². The van der Waals surface area contributed by atoms with Gasteiger partial charge in [0.05, 0.1) is 6.61 Å². The van der Waals surface area contributed by atoms with Gasteiger partial charge in [-0.2, -0.15) is 0 Å². The summed E-state index contributed by atoms with van der Waals surface area (Å²) < 4.78 is 5.93. The van der Waals surface area contributed by atoms with Crippen LogP contribution in [-0.4, -0.2) is 16.6 Å². The second-order valence-electron chi connectivity index (χ2n) is 9.30. The first-order valence-electron chi connectivity index (χ1n) is 13.4. The van der Waals surface area contributed by atoms with Crippen LogP contribution in [0.2, 0.25) is 0 Å². The van der Waals surface area contributed by atoms with Gasteiger partial charge in [-0.1, -0.05) is 102 Å². The lowest BCUT2D eigenvalue weighted by atomic mass is 10.0. The van der Waals surface area contributed by atoms with Crippen LogP contribution in [0, 0.1) is 0 Å². The van der Waals surface area contributed by atoms with E-state index in [1.807, 2.05) is 12.4 Å². The molecule has 0 amide bonds. The highest BCUT2D eigenvalue weighted by Crippen LogP contribution is 2.26. The first kappa shape index (κ1) is 25.9. The van der Waals surface area contributed by atoms with Crippen molar-refractivity contribution in [1.82, 2.24) is 9.97 Å². The standard InChI is InChI=1S/C31H42N2O/c1-3-5-7-9-11-13-22-34-30-20-18-27(19-21-30)28-16-14-17-29(23-28)31-32-24-26(25-33-31)15-12-10-8-6-4-2/h14,16-21,23-25H,3-13,15,22H2,1-2H3. The van der Waals surface area contributed by atoms with Crippen LogP contribution in [0.5, 0.6) is 5.75 Å². The molecule has 0 aliphatic rings. The highest BCUT2D eigenvalue weighted by atomic mass is 16.5. The molecule has 0 bridgehead atoms. The number of hydrogen-bond donors (Lipinski definition) is 0. The molecule has 34 heavy (non-hydrogen) atoms. The van der Waals surface area contributed by atoms with Gasteiger partial charge >= 0.3 is 0 Å². The average molecular weight is 459 g/mol. The van der Waals surface area contributed by atoms with Crippen LogP contribution in [0.1, 0.15) is 90.0 Å². The Hall–Kier alpha value is -2.68. The summed E-state index contributed by atoms with van der Waals surface area (Å²) in [7, 11) is 0. The minimum atomic E-state index is 0.787. The van der Waals surface area contributed by atoms with Gasteiger partial charge in [-0.25, -0.2) is 9.97 Å². The van der Waals surface area contributed by atoms with E-state index in [1.54, 1.807) is 0 Å². The van der Waals surface area contributed by atoms with E-state index in [4.69, 9.17) is 4.74 Å². The van der Waals surface area contributed by atoms with Crippen molar-refractivity contribution in [2.75, 3.05) is 6.61 Å². The van der Waals surface area contributed by atoms with Crippen molar-refractivity contribution in [1.29, 1.82) is 0 Å². The van der Waals surface area contributed by atoms with Crippen LogP contribution >= 0.6 is 0 Å². The van der Waals surface area contributed by atoms with E-state index in [1.165, 1.54) is 80.9 Å². The Balaban J connectivity index is 1.50. The summed E-state index contributed by atoms with van der Waals surface area (Å²) in [6.07, 6.45) is 19.2. The number of benzene rings is 2. The molecule has 2 aromatic carbocycles. The summed E-state index contributed by atoms with van der Waals surface area (Å²) in [6, 6.07) is 16.9. The van der Waals surface area contributed by atoms with Gasteiger partial charge in [-0.3, -0.25) is 0 Å². The van der Waals surface area contributed by atoms with E-state index in [9.17, 15) is 0 Å². The van der Waals surface area contributed by atoms with Gasteiger partial charge in [0, 0.05) is 18.0 Å². The first-order chi connectivity index (χ1) is 16.8. The molecule has 0 N–H and O–H groups in total. The van der Waals surface area contributed by atoms with Gasteiger partial charge in [0.1, 0.15) is 5.75 Å². The second-order valence-corrected chi connectivity index (χ2v) is 9.30. The molecule has 3 heteroatoms. The van der Waals surface area contributed by atoms with Gasteiger partial charge in [-0.05, 0) is 54.2 Å². The van der Waals surface area contributed by atoms with Gasteiger partial charge in [0.2, 0.25) is 0 Å². The molecular formula is C31H42N2O. The van der Waals surface area contributed by atoms with Crippen LogP contribution in [0.3, 0.4) is 0 Å². The van der Waals surface area contributed by atoms with Crippen LogP contribution in [0.15, 0.2) is 60.9 Å². The smallest absolute Gasteiger partial charge is 0.159 e. The first-order valence-corrected chi connectivity index (χ1v) is 13.4. The third kappa shape index (κ3) is 8.93. The molecule has 0 aliphatic heterocycles. The maximum atomic E-state index is 5.93. The third-order valence-electron chi connectivity index (χ3n) is 6.35. The fourth-order valence-electron chi connectivity index (χ4n) is 4.22. The summed E-state index contributed by atoms with van der Waals surface area (Å²) in [5.74, 6) is 1.73. The zero-order chi connectivity index (χ0) is 23.8. The lowest BCUT2D eigenvalue weighted by Gasteiger charge is -2.09. The van der Waals surface area contributed by atoms with Gasteiger partial charge in [0.15, 0.2) is 5.82 Å². The molecule has 0 saturated heterocycles. The lowest BCUT2D eigenvalue weighted by molar-refractivity contribution is 0.304. The minimum absolute atomic E-state index is 0.787. The van der Waals surface area contributed by atoms with E-state index in [2.05, 4.69) is 72.3 Å². The Kier molecular flexibility index (Phi) is 11.6. The quantitative estimate of drug-likeness (QED) is 0.201. The van der Waals surface area contributed by atoms with E-state index in [0.29, 0.717) is 0 Å². The zero-order valence-electron chi connectivity index (χ0n) is 21.3. The van der Waals surface area contributed by atoms with Crippen molar-refractivity contribution in [3.8, 4) is 28.3 Å². The Morgan fingerprint density at radius 3 is 1.94 bits per heavy atom. The summed E-state index contributed by atoms with van der Waals surface area (Å²) in [5, 5.41) is 0. The van der Waals surface area contributed by atoms with Crippen LogP contribution in [0.25, 0.3) is 22.5 Å². The number of ether oxygens (including phenoxy) is 1. The molecule has 0 unspecified atom stereocenters. The van der Waals surface area contributed by atoms with E-state index >= 15 is 0 Å². The number of aromatic nitrogens is 2. The molecular weight excluding hydrogens is 416 g/mol. The number of rotatable bonds is 16. The van der Waals surface area contributed by atoms with Gasteiger partial charge in [-0.15, -0.1) is 0 Å². The van der Waals surface area contributed by atoms with Crippen LogP contribution < -0.4 is 4.74 Å². The van der Waals surface area contributed by atoms with Gasteiger partial charge in [0.25, 0.3) is 0 Å². The number of nitrogens with zero attached hydrogens (tertiary/aromatic N) is 2. The van der Waals surface area contributed by atoms with E-state index in [0.717, 1.165) is 36.6 Å². The molecule has 0 aliphatic carbocycles. The molecule has 182 valence electrons. The molecule has 0 spiro atoms. The Morgan fingerprint density at radius 1 is 0.618 bits per heavy atom. The molecule has 3 nitrogen and oxygen atoms in total. The van der Waals surface area contributed by atoms with Crippen molar-refractivity contribution in [2.45, 2.75) is 90.9 Å². The molecule has 1 aromatic heterocycles. The maximum Gasteiger partial charge on any atom is 0.159 e. The molecule has 1 heterocycles. The van der Waals surface area contributed by atoms with Crippen LogP contribution in [-0.2, 0) is 6.42 Å². The molecule has 0 atom stereocenters. The van der Waals surface area contributed by atoms with E-state index in [-0.39, 0.29) is 0 Å². The Labute approximate surface area is 207 Å². The summed E-state index contributed by atoms with van der Waals surface area (Å²) in [4.78, 5) is 9.29. The van der Waals surface area contributed by atoms with Gasteiger partial charge < -0.3 is 4.74 Å². The summed E-state index contributed by atoms with van der Waals surface area (Å²) in [6.45, 7) is 5.31. The third-order valence-corrected chi connectivity index (χ3v) is 6.35. The van der Waals surface area contributed by atoms with Crippen LogP contribution in [0.4, 0.5) is 0 Å². The Morgan fingerprint density at radius 2 is 1.24 bits per heavy atom. The normalized spacial score (nSPS) is 11.0. The number of aryl methyl sites for hydroxylation is 1. The maximum absolute atomic E-state index is 5.93. The highest BCUT2D eigenvalue weighted by molar-refractivity contribution is 5.70. The molecule has 3 aromatic rings. The minimum Gasteiger partial charge on any atom is -0.494 e. The van der Waals surface area contributed by atoms with E-state index < -0.39 is 0 Å². The topological polar surface area (TPSA) is 35.0 Å². The number of unbranched alkanes of at least 4 members (excludes halogenated alkanes) is 9. The predicted octanol–water partition coefficient (Wildman–Crippen LogP) is 9.06. The SMILES string of the molecule is CCCCCCCCOc1ccc(-c2cccc(-c3ncc(CCCCCCC)cn3)c2)cc1. The zero-order valence-corrected chi connectivity index (χ0v) is 21.3. The molecule has 3 rings (SSSR count). The highest BCUT2D eigenvalue weighted by Gasteiger charge is 2.05. The van der Waals surface area contributed by atoms with Crippen molar-refractivity contribution in [2.24, 2.45) is 0 Å². The molecule has 0 saturated carbocycles. The predicted molar refractivity (Wildman–Crippen MR) is 144 cm³/mol. The van der Waals surface area contributed by atoms with Crippen molar-refractivity contribution < 1.29 is 4.74 Å². The fraction of sp³-hybridized carbons (Fsp3) is 0.484. The summed E-state index contributed by atoms with van der Waals surface area (Å²) in [5.41, 5.74) is 4.63.